The summed E-state index contributed by atoms with van der Waals surface area (Å²) in [6.07, 6.45) is 2.06. The second-order valence-corrected chi connectivity index (χ2v) is 9.34. The van der Waals surface area contributed by atoms with Crippen LogP contribution < -0.4 is 5.32 Å². The summed E-state index contributed by atoms with van der Waals surface area (Å²) in [7, 11) is -1.31. The number of hydrogen-bond donors (Lipinski definition) is 1. The van der Waals surface area contributed by atoms with Gasteiger partial charge in [0.15, 0.2) is 15.8 Å². The Morgan fingerprint density at radius 3 is 2.27 bits per heavy atom. The van der Waals surface area contributed by atoms with Gasteiger partial charge < -0.3 is 10.2 Å². The highest BCUT2D eigenvalue weighted by Crippen LogP contribution is 2.10. The maximum absolute atomic E-state index is 11.5. The van der Waals surface area contributed by atoms with Gasteiger partial charge in [-0.2, -0.15) is 0 Å². The first-order valence-corrected chi connectivity index (χ1v) is 11.2. The van der Waals surface area contributed by atoms with Crippen LogP contribution in [0.1, 0.15) is 19.4 Å². The lowest BCUT2D eigenvalue weighted by atomic mass is 10.1. The highest BCUT2D eigenvalue weighted by atomic mass is 32.2. The summed E-state index contributed by atoms with van der Waals surface area (Å²) in [4.78, 5) is 9.59. The van der Waals surface area contributed by atoms with E-state index in [0.717, 1.165) is 57.2 Å². The largest absolute Gasteiger partial charge is 0.356 e. The maximum Gasteiger partial charge on any atom is 0.193 e. The Hall–Kier alpha value is -1.60. The molecule has 1 aromatic carbocycles. The predicted molar refractivity (Wildman–Crippen MR) is 107 cm³/mol. The molecule has 26 heavy (non-hydrogen) atoms. The third kappa shape index (κ3) is 6.29. The molecule has 1 N–H and O–H groups in total. The van der Waals surface area contributed by atoms with Gasteiger partial charge in [0.1, 0.15) is 0 Å². The molecule has 0 radical (unpaired) electrons. The number of benzene rings is 1. The Morgan fingerprint density at radius 1 is 1.15 bits per heavy atom. The van der Waals surface area contributed by atoms with Crippen molar-refractivity contribution in [3.63, 3.8) is 0 Å². The van der Waals surface area contributed by atoms with Crippen molar-refractivity contribution in [2.75, 3.05) is 52.6 Å². The summed E-state index contributed by atoms with van der Waals surface area (Å²) in [5.41, 5.74) is 1.11. The fraction of sp³-hybridized carbons (Fsp3) is 0.632. The second-order valence-electron chi connectivity index (χ2n) is 7.32. The average molecular weight is 381 g/mol. The fourth-order valence-corrected chi connectivity index (χ4v) is 3.84. The lowest BCUT2D eigenvalue weighted by Gasteiger charge is -2.37. The number of sulfone groups is 1. The van der Waals surface area contributed by atoms with Gasteiger partial charge in [0.25, 0.3) is 0 Å². The van der Waals surface area contributed by atoms with Crippen molar-refractivity contribution < 1.29 is 8.42 Å². The number of nitrogens with zero attached hydrogens (tertiary/aromatic N) is 3. The van der Waals surface area contributed by atoms with Crippen molar-refractivity contribution in [3.8, 4) is 0 Å². The molecule has 0 aliphatic carbocycles. The zero-order valence-corrected chi connectivity index (χ0v) is 17.2. The van der Waals surface area contributed by atoms with Crippen LogP contribution in [-0.2, 0) is 16.3 Å². The zero-order chi connectivity index (χ0) is 19.2. The van der Waals surface area contributed by atoms with Gasteiger partial charge in [-0.25, -0.2) is 8.42 Å². The van der Waals surface area contributed by atoms with Gasteiger partial charge in [0.05, 0.1) is 4.90 Å². The van der Waals surface area contributed by atoms with E-state index in [1.807, 2.05) is 19.2 Å². The van der Waals surface area contributed by atoms with Gasteiger partial charge in [0.2, 0.25) is 0 Å². The number of aliphatic imine (C=N–C) groups is 1. The number of nitrogens with one attached hydrogen (secondary N) is 1. The van der Waals surface area contributed by atoms with Gasteiger partial charge in [-0.1, -0.05) is 26.0 Å². The smallest absolute Gasteiger partial charge is 0.193 e. The summed E-state index contributed by atoms with van der Waals surface area (Å²) in [5.74, 6) is 1.65. The van der Waals surface area contributed by atoms with E-state index < -0.39 is 9.84 Å². The lowest BCUT2D eigenvalue weighted by molar-refractivity contribution is 0.164. The molecule has 1 heterocycles. The Balaban J connectivity index is 1.79. The van der Waals surface area contributed by atoms with E-state index in [-0.39, 0.29) is 0 Å². The Bertz CT molecular complexity index is 691. The first-order valence-electron chi connectivity index (χ1n) is 9.26. The van der Waals surface area contributed by atoms with Crippen molar-refractivity contribution in [2.45, 2.75) is 25.2 Å². The standard InChI is InChI=1S/C19H32N4O2S/c1-16(2)15-22-11-13-23(14-12-22)19(20-3)21-10-9-17-5-7-18(8-6-17)26(4,24)25/h5-8,16H,9-15H2,1-4H3,(H,20,21). The van der Waals surface area contributed by atoms with Crippen molar-refractivity contribution in [3.05, 3.63) is 29.8 Å². The molecule has 2 rings (SSSR count). The molecule has 0 atom stereocenters. The maximum atomic E-state index is 11.5. The van der Waals surface area contributed by atoms with E-state index in [4.69, 9.17) is 0 Å². The monoisotopic (exact) mass is 380 g/mol. The quantitative estimate of drug-likeness (QED) is 0.598. The van der Waals surface area contributed by atoms with Gasteiger partial charge in [-0.3, -0.25) is 9.89 Å². The summed E-state index contributed by atoms with van der Waals surface area (Å²) in [6, 6.07) is 7.11. The number of guanidine groups is 1. The summed E-state index contributed by atoms with van der Waals surface area (Å²) in [5, 5.41) is 3.43. The molecule has 1 aliphatic rings. The molecule has 1 aromatic rings. The van der Waals surface area contributed by atoms with E-state index >= 15 is 0 Å². The third-order valence-electron chi connectivity index (χ3n) is 4.56. The molecule has 0 spiro atoms. The van der Waals surface area contributed by atoms with Gasteiger partial charge in [-0.15, -0.1) is 0 Å². The number of piperazine rings is 1. The Kier molecular flexibility index (Phi) is 7.46. The minimum atomic E-state index is -3.13. The highest BCUT2D eigenvalue weighted by molar-refractivity contribution is 7.90. The molecule has 0 saturated carbocycles. The molecule has 1 fully saturated rings. The molecule has 146 valence electrons. The molecule has 1 saturated heterocycles. The summed E-state index contributed by atoms with van der Waals surface area (Å²) in [6.45, 7) is 10.6. The minimum absolute atomic E-state index is 0.365. The van der Waals surface area contributed by atoms with Crippen molar-refractivity contribution in [1.29, 1.82) is 0 Å². The van der Waals surface area contributed by atoms with E-state index in [0.29, 0.717) is 10.8 Å². The average Bonchev–Trinajstić information content (AvgIpc) is 2.59. The van der Waals surface area contributed by atoms with E-state index in [9.17, 15) is 8.42 Å². The normalized spacial score (nSPS) is 17.0. The molecular weight excluding hydrogens is 348 g/mol. The van der Waals surface area contributed by atoms with Crippen LogP contribution in [0.25, 0.3) is 0 Å². The molecule has 1 aliphatic heterocycles. The zero-order valence-electron chi connectivity index (χ0n) is 16.4. The molecule has 0 aromatic heterocycles. The van der Waals surface area contributed by atoms with Crippen LogP contribution in [0.5, 0.6) is 0 Å². The topological polar surface area (TPSA) is 65.0 Å². The van der Waals surface area contributed by atoms with Crippen LogP contribution in [-0.4, -0.2) is 76.7 Å². The van der Waals surface area contributed by atoms with E-state index in [1.165, 1.54) is 6.26 Å². The summed E-state index contributed by atoms with van der Waals surface area (Å²) < 4.78 is 23.0. The van der Waals surface area contributed by atoms with Crippen LogP contribution in [0.4, 0.5) is 0 Å². The summed E-state index contributed by atoms with van der Waals surface area (Å²) >= 11 is 0. The van der Waals surface area contributed by atoms with Crippen LogP contribution in [0.2, 0.25) is 0 Å². The van der Waals surface area contributed by atoms with Gasteiger partial charge >= 0.3 is 0 Å². The first-order chi connectivity index (χ1) is 12.3. The fourth-order valence-electron chi connectivity index (χ4n) is 3.21. The Morgan fingerprint density at radius 2 is 1.77 bits per heavy atom. The van der Waals surface area contributed by atoms with Crippen molar-refractivity contribution >= 4 is 15.8 Å². The van der Waals surface area contributed by atoms with Gasteiger partial charge in [-0.05, 0) is 30.0 Å². The molecule has 7 heteroatoms. The predicted octanol–water partition coefficient (Wildman–Crippen LogP) is 1.48. The Labute approximate surface area is 158 Å². The third-order valence-corrected chi connectivity index (χ3v) is 5.68. The number of rotatable bonds is 6. The highest BCUT2D eigenvalue weighted by Gasteiger charge is 2.19. The second kappa shape index (κ2) is 9.37. The molecule has 0 amide bonds. The van der Waals surface area contributed by atoms with Crippen molar-refractivity contribution in [2.24, 2.45) is 10.9 Å². The van der Waals surface area contributed by atoms with Crippen LogP contribution >= 0.6 is 0 Å². The molecule has 0 unspecified atom stereocenters. The van der Waals surface area contributed by atoms with Crippen LogP contribution in [0.3, 0.4) is 0 Å². The lowest BCUT2D eigenvalue weighted by Crippen LogP contribution is -2.53. The van der Waals surface area contributed by atoms with E-state index in [1.54, 1.807) is 12.1 Å². The molecular formula is C19H32N4O2S. The van der Waals surface area contributed by atoms with Gasteiger partial charge in [0, 0.05) is 52.6 Å². The van der Waals surface area contributed by atoms with Crippen molar-refractivity contribution in [1.82, 2.24) is 15.1 Å². The SMILES string of the molecule is CN=C(NCCc1ccc(S(C)(=O)=O)cc1)N1CCN(CC(C)C)CC1. The molecule has 6 nitrogen and oxygen atoms in total. The van der Waals surface area contributed by atoms with Crippen LogP contribution in [0, 0.1) is 5.92 Å². The molecule has 0 bridgehead atoms. The minimum Gasteiger partial charge on any atom is -0.356 e. The number of hydrogen-bond acceptors (Lipinski definition) is 4. The van der Waals surface area contributed by atoms with E-state index in [2.05, 4.69) is 34.0 Å². The first kappa shape index (κ1) is 20.7. The van der Waals surface area contributed by atoms with Crippen LogP contribution in [0.15, 0.2) is 34.2 Å².